The first-order valence-electron chi connectivity index (χ1n) is 8.45. The summed E-state index contributed by atoms with van der Waals surface area (Å²) in [5.74, 6) is -0.169. The number of aromatic nitrogens is 2. The van der Waals surface area contributed by atoms with Crippen LogP contribution in [-0.2, 0) is 9.53 Å². The number of fused-ring (bicyclic) bond motifs is 1. The van der Waals surface area contributed by atoms with Gasteiger partial charge < -0.3 is 19.5 Å². The van der Waals surface area contributed by atoms with Gasteiger partial charge in [-0.1, -0.05) is 0 Å². The number of rotatable bonds is 3. The fourth-order valence-electron chi connectivity index (χ4n) is 3.16. The lowest BCUT2D eigenvalue weighted by Gasteiger charge is -2.26. The van der Waals surface area contributed by atoms with E-state index in [9.17, 15) is 19.5 Å². The predicted molar refractivity (Wildman–Crippen MR) is 87.8 cm³/mol. The van der Waals surface area contributed by atoms with Crippen LogP contribution in [0.2, 0.25) is 0 Å². The molecule has 1 aromatic rings. The number of epoxide rings is 1. The monoisotopic (exact) mass is 362 g/mol. The standard InChI is InChI=1S/C16H18N4O6/c21-9-6-8(11(22)13-12(9)26-13)18-16(24)25-10-7-17-15(19-14(10)23)20-4-2-1-3-5-20/h6-7,11-13,22H,1-5H2,(H,18,24)(H,17,19,23). The summed E-state index contributed by atoms with van der Waals surface area (Å²) in [6.07, 6.45) is 2.10. The molecule has 3 aliphatic rings. The van der Waals surface area contributed by atoms with Crippen LogP contribution in [0.3, 0.4) is 0 Å². The van der Waals surface area contributed by atoms with Gasteiger partial charge in [0.1, 0.15) is 18.3 Å². The average Bonchev–Trinajstić information content (AvgIpc) is 3.43. The number of amides is 1. The summed E-state index contributed by atoms with van der Waals surface area (Å²) in [6.45, 7) is 1.63. The fourth-order valence-corrected chi connectivity index (χ4v) is 3.16. The fraction of sp³-hybridized carbons (Fsp3) is 0.500. The van der Waals surface area contributed by atoms with Crippen molar-refractivity contribution in [1.82, 2.24) is 15.3 Å². The van der Waals surface area contributed by atoms with Crippen molar-refractivity contribution in [3.8, 4) is 5.75 Å². The molecular formula is C16H18N4O6. The largest absolute Gasteiger partial charge is 0.417 e. The third kappa shape index (κ3) is 3.20. The molecule has 0 saturated carbocycles. The highest BCUT2D eigenvalue weighted by Gasteiger charge is 2.53. The number of hydrogen-bond donors (Lipinski definition) is 3. The van der Waals surface area contributed by atoms with Gasteiger partial charge in [-0.15, -0.1) is 0 Å². The molecule has 3 unspecified atom stereocenters. The molecule has 4 rings (SSSR count). The molecule has 2 saturated heterocycles. The van der Waals surface area contributed by atoms with Crippen molar-refractivity contribution in [2.75, 3.05) is 18.0 Å². The number of ketones is 1. The number of carbonyl (C=O) groups is 2. The molecule has 3 heterocycles. The molecule has 10 heteroatoms. The maximum Gasteiger partial charge on any atom is 0.417 e. The highest BCUT2D eigenvalue weighted by molar-refractivity contribution is 5.98. The molecule has 0 radical (unpaired) electrons. The molecule has 1 aliphatic carbocycles. The second-order valence-corrected chi connectivity index (χ2v) is 6.43. The number of ether oxygens (including phenoxy) is 2. The molecule has 3 N–H and O–H groups in total. The van der Waals surface area contributed by atoms with Crippen LogP contribution in [0.4, 0.5) is 10.7 Å². The summed E-state index contributed by atoms with van der Waals surface area (Å²) in [5.41, 5.74) is -0.608. The van der Waals surface area contributed by atoms with Crippen LogP contribution in [0.1, 0.15) is 19.3 Å². The van der Waals surface area contributed by atoms with Gasteiger partial charge in [-0.2, -0.15) is 0 Å². The Balaban J connectivity index is 1.41. The molecular weight excluding hydrogens is 344 g/mol. The van der Waals surface area contributed by atoms with Crippen LogP contribution in [0, 0.1) is 0 Å². The van der Waals surface area contributed by atoms with Crippen molar-refractivity contribution in [2.24, 2.45) is 0 Å². The van der Waals surface area contributed by atoms with E-state index in [2.05, 4.69) is 15.3 Å². The summed E-state index contributed by atoms with van der Waals surface area (Å²) >= 11 is 0. The number of H-pyrrole nitrogens is 1. The quantitative estimate of drug-likeness (QED) is 0.609. The van der Waals surface area contributed by atoms with Gasteiger partial charge in [0.15, 0.2) is 5.78 Å². The van der Waals surface area contributed by atoms with Gasteiger partial charge in [-0.05, 0) is 19.3 Å². The van der Waals surface area contributed by atoms with Crippen LogP contribution < -0.4 is 20.5 Å². The van der Waals surface area contributed by atoms with E-state index in [1.807, 2.05) is 4.90 Å². The first-order chi connectivity index (χ1) is 12.5. The van der Waals surface area contributed by atoms with Crippen LogP contribution in [0.25, 0.3) is 0 Å². The predicted octanol–water partition coefficient (Wildman–Crippen LogP) is -0.557. The lowest BCUT2D eigenvalue weighted by Crippen LogP contribution is -2.39. The van der Waals surface area contributed by atoms with E-state index in [0.29, 0.717) is 5.95 Å². The average molecular weight is 362 g/mol. The van der Waals surface area contributed by atoms with E-state index in [4.69, 9.17) is 9.47 Å². The summed E-state index contributed by atoms with van der Waals surface area (Å²) in [5, 5.41) is 12.2. The molecule has 26 heavy (non-hydrogen) atoms. The molecule has 1 amide bonds. The second kappa shape index (κ2) is 6.54. The van der Waals surface area contributed by atoms with Gasteiger partial charge in [0, 0.05) is 19.2 Å². The van der Waals surface area contributed by atoms with Gasteiger partial charge in [0.2, 0.25) is 11.7 Å². The van der Waals surface area contributed by atoms with Crippen molar-refractivity contribution in [3.05, 3.63) is 28.3 Å². The zero-order chi connectivity index (χ0) is 18.3. The minimum atomic E-state index is -1.12. The number of aliphatic hydroxyl groups excluding tert-OH is 1. The van der Waals surface area contributed by atoms with Crippen molar-refractivity contribution < 1.29 is 24.2 Å². The molecule has 10 nitrogen and oxygen atoms in total. The highest BCUT2D eigenvalue weighted by atomic mass is 16.6. The Morgan fingerprint density at radius 2 is 2.12 bits per heavy atom. The number of carbonyl (C=O) groups excluding carboxylic acids is 2. The first-order valence-corrected chi connectivity index (χ1v) is 8.45. The van der Waals surface area contributed by atoms with Crippen molar-refractivity contribution in [2.45, 2.75) is 37.6 Å². The van der Waals surface area contributed by atoms with Gasteiger partial charge in [0.05, 0.1) is 11.9 Å². The topological polar surface area (TPSA) is 137 Å². The van der Waals surface area contributed by atoms with Gasteiger partial charge >= 0.3 is 6.09 Å². The van der Waals surface area contributed by atoms with Crippen molar-refractivity contribution >= 4 is 17.8 Å². The minimum absolute atomic E-state index is 0.0203. The minimum Gasteiger partial charge on any atom is -0.402 e. The molecule has 2 aliphatic heterocycles. The lowest BCUT2D eigenvalue weighted by molar-refractivity contribution is -0.116. The Bertz CT molecular complexity index is 828. The maximum absolute atomic E-state index is 12.1. The van der Waals surface area contributed by atoms with Gasteiger partial charge in [0.25, 0.3) is 5.56 Å². The van der Waals surface area contributed by atoms with Gasteiger partial charge in [-0.3, -0.25) is 19.9 Å². The summed E-state index contributed by atoms with van der Waals surface area (Å²) in [6, 6.07) is 0. The number of nitrogens with zero attached hydrogens (tertiary/aromatic N) is 2. The molecule has 0 bridgehead atoms. The van der Waals surface area contributed by atoms with Crippen LogP contribution in [-0.4, -0.2) is 58.4 Å². The molecule has 2 fully saturated rings. The number of anilines is 1. The normalized spacial score (nSPS) is 27.4. The second-order valence-electron chi connectivity index (χ2n) is 6.43. The van der Waals surface area contributed by atoms with Crippen LogP contribution >= 0.6 is 0 Å². The van der Waals surface area contributed by atoms with Gasteiger partial charge in [-0.25, -0.2) is 9.78 Å². The number of aromatic amines is 1. The summed E-state index contributed by atoms with van der Waals surface area (Å²) in [4.78, 5) is 44.4. The van der Waals surface area contributed by atoms with E-state index in [0.717, 1.165) is 38.4 Å². The van der Waals surface area contributed by atoms with Crippen molar-refractivity contribution in [3.63, 3.8) is 0 Å². The van der Waals surface area contributed by atoms with E-state index < -0.39 is 30.0 Å². The summed E-state index contributed by atoms with van der Waals surface area (Å²) < 4.78 is 9.95. The summed E-state index contributed by atoms with van der Waals surface area (Å²) in [7, 11) is 0. The number of piperidine rings is 1. The maximum atomic E-state index is 12.1. The Kier molecular flexibility index (Phi) is 4.21. The Hall–Kier alpha value is -2.72. The number of aliphatic hydroxyl groups is 1. The van der Waals surface area contributed by atoms with Crippen LogP contribution in [0.5, 0.6) is 5.75 Å². The van der Waals surface area contributed by atoms with Crippen LogP contribution in [0.15, 0.2) is 22.8 Å². The SMILES string of the molecule is O=C(NC1=CC(=O)C2OC2C1O)Oc1cnc(N2CCCCC2)[nH]c1=O. The van der Waals surface area contributed by atoms with Crippen molar-refractivity contribution in [1.29, 1.82) is 0 Å². The van der Waals surface area contributed by atoms with E-state index in [1.165, 1.54) is 6.20 Å². The molecule has 0 aromatic carbocycles. The first kappa shape index (κ1) is 16.7. The van der Waals surface area contributed by atoms with E-state index in [-0.39, 0.29) is 17.2 Å². The molecule has 0 spiro atoms. The molecule has 138 valence electrons. The Morgan fingerprint density at radius 1 is 1.35 bits per heavy atom. The highest BCUT2D eigenvalue weighted by Crippen LogP contribution is 2.33. The zero-order valence-electron chi connectivity index (χ0n) is 13.8. The van der Waals surface area contributed by atoms with E-state index in [1.54, 1.807) is 0 Å². The number of nitrogens with one attached hydrogen (secondary N) is 2. The Labute approximate surface area is 147 Å². The molecule has 1 aromatic heterocycles. The zero-order valence-corrected chi connectivity index (χ0v) is 13.8. The smallest absolute Gasteiger partial charge is 0.402 e. The Morgan fingerprint density at radius 3 is 2.85 bits per heavy atom. The third-order valence-electron chi connectivity index (χ3n) is 4.59. The molecule has 3 atom stereocenters. The number of hydrogen-bond acceptors (Lipinski definition) is 8. The lowest BCUT2D eigenvalue weighted by atomic mass is 10.0. The third-order valence-corrected chi connectivity index (χ3v) is 4.59. The van der Waals surface area contributed by atoms with E-state index >= 15 is 0 Å².